The lowest BCUT2D eigenvalue weighted by atomic mass is 10.1. The van der Waals surface area contributed by atoms with Crippen LogP contribution in [0.1, 0.15) is 5.56 Å². The number of amides is 1. The lowest BCUT2D eigenvalue weighted by Gasteiger charge is -2.10. The lowest BCUT2D eigenvalue weighted by molar-refractivity contribution is -0.138. The minimum Gasteiger partial charge on any atom is -0.480 e. The molecule has 1 atom stereocenters. The van der Waals surface area contributed by atoms with Crippen LogP contribution in [0.5, 0.6) is 0 Å². The van der Waals surface area contributed by atoms with E-state index in [9.17, 15) is 9.59 Å². The van der Waals surface area contributed by atoms with E-state index in [1.807, 2.05) is 30.3 Å². The Morgan fingerprint density at radius 2 is 1.94 bits per heavy atom. The van der Waals surface area contributed by atoms with Gasteiger partial charge in [-0.2, -0.15) is 0 Å². The molecule has 5 heteroatoms. The molecule has 86 valence electrons. The van der Waals surface area contributed by atoms with Crippen LogP contribution in [-0.4, -0.2) is 29.6 Å². The Hall–Kier alpha value is -1.88. The van der Waals surface area contributed by atoms with E-state index in [1.165, 1.54) is 0 Å². The number of carbonyl (C=O) groups excluding carboxylic acids is 1. The first kappa shape index (κ1) is 12.2. The van der Waals surface area contributed by atoms with Crippen LogP contribution in [0.25, 0.3) is 0 Å². The molecule has 0 saturated carbocycles. The van der Waals surface area contributed by atoms with Gasteiger partial charge in [0, 0.05) is 0 Å². The van der Waals surface area contributed by atoms with Crippen LogP contribution < -0.4 is 11.1 Å². The molecule has 0 aliphatic rings. The Morgan fingerprint density at radius 3 is 2.50 bits per heavy atom. The summed E-state index contributed by atoms with van der Waals surface area (Å²) in [4.78, 5) is 21.6. The van der Waals surface area contributed by atoms with Crippen molar-refractivity contribution in [1.82, 2.24) is 5.32 Å². The fraction of sp³-hybridized carbons (Fsp3) is 0.273. The van der Waals surface area contributed by atoms with Gasteiger partial charge in [0.2, 0.25) is 5.91 Å². The standard InChI is InChI=1S/C11H14N2O3/c12-9(11(16)13-7-10(14)15)6-8-4-2-1-3-5-8/h1-5,9H,6-7,12H2,(H,13,16)(H,14,15)/t9-/m1/s1. The number of benzene rings is 1. The summed E-state index contributed by atoms with van der Waals surface area (Å²) in [7, 11) is 0. The van der Waals surface area contributed by atoms with E-state index in [4.69, 9.17) is 10.8 Å². The van der Waals surface area contributed by atoms with Gasteiger partial charge in [0.15, 0.2) is 0 Å². The van der Waals surface area contributed by atoms with Crippen molar-refractivity contribution in [2.45, 2.75) is 12.5 Å². The van der Waals surface area contributed by atoms with Gasteiger partial charge in [0.1, 0.15) is 6.54 Å². The minimum absolute atomic E-state index is 0.395. The number of nitrogens with one attached hydrogen (secondary N) is 1. The molecule has 1 amide bonds. The van der Waals surface area contributed by atoms with E-state index in [2.05, 4.69) is 5.32 Å². The summed E-state index contributed by atoms with van der Waals surface area (Å²) in [6.07, 6.45) is 0.395. The van der Waals surface area contributed by atoms with E-state index in [0.29, 0.717) is 6.42 Å². The maximum atomic E-state index is 11.4. The molecule has 0 heterocycles. The van der Waals surface area contributed by atoms with Crippen molar-refractivity contribution >= 4 is 11.9 Å². The van der Waals surface area contributed by atoms with E-state index in [0.717, 1.165) is 5.56 Å². The molecule has 4 N–H and O–H groups in total. The molecule has 1 rings (SSSR count). The van der Waals surface area contributed by atoms with Gasteiger partial charge < -0.3 is 16.2 Å². The van der Waals surface area contributed by atoms with Gasteiger partial charge in [-0.15, -0.1) is 0 Å². The fourth-order valence-electron chi connectivity index (χ4n) is 1.25. The number of hydrogen-bond acceptors (Lipinski definition) is 3. The average molecular weight is 222 g/mol. The fourth-order valence-corrected chi connectivity index (χ4v) is 1.25. The molecule has 0 aromatic heterocycles. The third kappa shape index (κ3) is 4.10. The van der Waals surface area contributed by atoms with Crippen LogP contribution in [0.15, 0.2) is 30.3 Å². The zero-order chi connectivity index (χ0) is 12.0. The molecule has 1 aromatic rings. The Kier molecular flexibility index (Phi) is 4.47. The zero-order valence-corrected chi connectivity index (χ0v) is 8.72. The van der Waals surface area contributed by atoms with Crippen LogP contribution in [0.2, 0.25) is 0 Å². The summed E-state index contributed by atoms with van der Waals surface area (Å²) in [6.45, 7) is -0.401. The maximum Gasteiger partial charge on any atom is 0.322 e. The van der Waals surface area contributed by atoms with Gasteiger partial charge in [-0.05, 0) is 12.0 Å². The maximum absolute atomic E-state index is 11.4. The monoisotopic (exact) mass is 222 g/mol. The Balaban J connectivity index is 2.43. The second kappa shape index (κ2) is 5.87. The molecule has 0 saturated heterocycles. The number of hydrogen-bond donors (Lipinski definition) is 3. The average Bonchev–Trinajstić information content (AvgIpc) is 2.27. The van der Waals surface area contributed by atoms with Crippen molar-refractivity contribution in [3.05, 3.63) is 35.9 Å². The summed E-state index contributed by atoms with van der Waals surface area (Å²) < 4.78 is 0. The molecule has 0 radical (unpaired) electrons. The van der Waals surface area contributed by atoms with E-state index < -0.39 is 24.5 Å². The molecular weight excluding hydrogens is 208 g/mol. The quantitative estimate of drug-likeness (QED) is 0.641. The van der Waals surface area contributed by atoms with E-state index in [1.54, 1.807) is 0 Å². The summed E-state index contributed by atoms with van der Waals surface area (Å²) in [6, 6.07) is 8.60. The smallest absolute Gasteiger partial charge is 0.322 e. The summed E-state index contributed by atoms with van der Waals surface area (Å²) in [5, 5.41) is 10.6. The van der Waals surface area contributed by atoms with Gasteiger partial charge in [-0.1, -0.05) is 30.3 Å². The molecule has 0 aliphatic carbocycles. The number of rotatable bonds is 5. The van der Waals surface area contributed by atoms with E-state index in [-0.39, 0.29) is 0 Å². The first-order chi connectivity index (χ1) is 7.59. The Morgan fingerprint density at radius 1 is 1.31 bits per heavy atom. The van der Waals surface area contributed by atoms with Crippen molar-refractivity contribution in [2.75, 3.05) is 6.54 Å². The molecule has 0 spiro atoms. The molecule has 0 unspecified atom stereocenters. The van der Waals surface area contributed by atoms with Gasteiger partial charge in [-0.3, -0.25) is 9.59 Å². The minimum atomic E-state index is -1.08. The van der Waals surface area contributed by atoms with Crippen LogP contribution in [0, 0.1) is 0 Å². The van der Waals surface area contributed by atoms with Crippen molar-refractivity contribution in [2.24, 2.45) is 5.73 Å². The Labute approximate surface area is 93.3 Å². The SMILES string of the molecule is N[C@H](Cc1ccccc1)C(=O)NCC(=O)O. The first-order valence-corrected chi connectivity index (χ1v) is 4.88. The van der Waals surface area contributed by atoms with Crippen molar-refractivity contribution < 1.29 is 14.7 Å². The number of carbonyl (C=O) groups is 2. The van der Waals surface area contributed by atoms with Crippen molar-refractivity contribution in [3.8, 4) is 0 Å². The normalized spacial score (nSPS) is 11.8. The summed E-state index contributed by atoms with van der Waals surface area (Å²) in [5.41, 5.74) is 6.58. The highest BCUT2D eigenvalue weighted by atomic mass is 16.4. The molecule has 0 fully saturated rings. The number of carboxylic acid groups (broad SMARTS) is 1. The van der Waals surface area contributed by atoms with Gasteiger partial charge in [0.05, 0.1) is 6.04 Å². The second-order valence-corrected chi connectivity index (χ2v) is 3.41. The summed E-state index contributed by atoms with van der Waals surface area (Å²) >= 11 is 0. The van der Waals surface area contributed by atoms with E-state index >= 15 is 0 Å². The number of aliphatic carboxylic acids is 1. The van der Waals surface area contributed by atoms with Crippen LogP contribution in [-0.2, 0) is 16.0 Å². The number of nitrogens with two attached hydrogens (primary N) is 1. The number of carboxylic acids is 1. The highest BCUT2D eigenvalue weighted by molar-refractivity contribution is 5.85. The molecule has 0 bridgehead atoms. The van der Waals surface area contributed by atoms with Crippen molar-refractivity contribution in [1.29, 1.82) is 0 Å². The van der Waals surface area contributed by atoms with Crippen LogP contribution in [0.4, 0.5) is 0 Å². The first-order valence-electron chi connectivity index (χ1n) is 4.88. The molecule has 16 heavy (non-hydrogen) atoms. The van der Waals surface area contributed by atoms with Crippen LogP contribution >= 0.6 is 0 Å². The third-order valence-electron chi connectivity index (χ3n) is 2.05. The molecule has 1 aromatic carbocycles. The van der Waals surface area contributed by atoms with Gasteiger partial charge in [-0.25, -0.2) is 0 Å². The third-order valence-corrected chi connectivity index (χ3v) is 2.05. The van der Waals surface area contributed by atoms with Gasteiger partial charge in [0.25, 0.3) is 0 Å². The lowest BCUT2D eigenvalue weighted by Crippen LogP contribution is -2.43. The Bertz CT molecular complexity index is 365. The molecule has 5 nitrogen and oxygen atoms in total. The topological polar surface area (TPSA) is 92.4 Å². The zero-order valence-electron chi connectivity index (χ0n) is 8.72. The summed E-state index contributed by atoms with van der Waals surface area (Å²) in [5.74, 6) is -1.54. The predicted octanol–water partition coefficient (Wildman–Crippen LogP) is -0.243. The molecular formula is C11H14N2O3. The van der Waals surface area contributed by atoms with Crippen molar-refractivity contribution in [3.63, 3.8) is 0 Å². The van der Waals surface area contributed by atoms with Crippen LogP contribution in [0.3, 0.4) is 0 Å². The van der Waals surface area contributed by atoms with Gasteiger partial charge >= 0.3 is 5.97 Å². The highest BCUT2D eigenvalue weighted by Crippen LogP contribution is 2.01. The molecule has 0 aliphatic heterocycles. The highest BCUT2D eigenvalue weighted by Gasteiger charge is 2.14. The second-order valence-electron chi connectivity index (χ2n) is 3.41. The largest absolute Gasteiger partial charge is 0.480 e. The predicted molar refractivity (Wildman–Crippen MR) is 58.8 cm³/mol.